The van der Waals surface area contributed by atoms with Crippen LogP contribution in [0.2, 0.25) is 0 Å². The summed E-state index contributed by atoms with van der Waals surface area (Å²) < 4.78 is 5.31. The summed E-state index contributed by atoms with van der Waals surface area (Å²) >= 11 is 0. The van der Waals surface area contributed by atoms with Gasteiger partial charge in [-0.25, -0.2) is 0 Å². The molecule has 2 aliphatic rings. The van der Waals surface area contributed by atoms with Crippen LogP contribution in [0, 0.1) is 5.92 Å². The quantitative estimate of drug-likeness (QED) is 0.770. The standard InChI is InChI=1S/C14H26N2O2/c1-2-18-14(17)13(12-6-3-4-7-12)16-10-5-8-15-9-11-16/h12-13,15H,2-11H2,1H3. The normalized spacial score (nSPS) is 24.7. The Labute approximate surface area is 110 Å². The van der Waals surface area contributed by atoms with Crippen LogP contribution in [-0.4, -0.2) is 49.7 Å². The van der Waals surface area contributed by atoms with E-state index in [1.54, 1.807) is 0 Å². The van der Waals surface area contributed by atoms with Crippen molar-refractivity contribution >= 4 is 5.97 Å². The number of carbonyl (C=O) groups excluding carboxylic acids is 1. The van der Waals surface area contributed by atoms with Gasteiger partial charge in [-0.2, -0.15) is 0 Å². The maximum absolute atomic E-state index is 12.3. The van der Waals surface area contributed by atoms with E-state index < -0.39 is 0 Å². The molecule has 0 radical (unpaired) electrons. The first-order valence-corrected chi connectivity index (χ1v) is 7.44. The van der Waals surface area contributed by atoms with Gasteiger partial charge in [-0.3, -0.25) is 9.69 Å². The van der Waals surface area contributed by atoms with Crippen LogP contribution in [0.5, 0.6) is 0 Å². The SMILES string of the molecule is CCOC(=O)C(C1CCCC1)N1CCCNCC1. The molecule has 4 heteroatoms. The fraction of sp³-hybridized carbons (Fsp3) is 0.929. The zero-order valence-corrected chi connectivity index (χ0v) is 11.5. The fourth-order valence-corrected chi connectivity index (χ4v) is 3.29. The van der Waals surface area contributed by atoms with Crippen molar-refractivity contribution < 1.29 is 9.53 Å². The zero-order valence-electron chi connectivity index (χ0n) is 11.5. The third-order valence-electron chi connectivity index (χ3n) is 4.14. The van der Waals surface area contributed by atoms with Crippen molar-refractivity contribution in [3.63, 3.8) is 0 Å². The van der Waals surface area contributed by atoms with Gasteiger partial charge in [0.05, 0.1) is 6.61 Å². The number of nitrogens with zero attached hydrogens (tertiary/aromatic N) is 1. The van der Waals surface area contributed by atoms with Gasteiger partial charge in [0.15, 0.2) is 0 Å². The van der Waals surface area contributed by atoms with Crippen molar-refractivity contribution in [2.75, 3.05) is 32.8 Å². The number of carbonyl (C=O) groups is 1. The van der Waals surface area contributed by atoms with Crippen molar-refractivity contribution in [2.24, 2.45) is 5.92 Å². The van der Waals surface area contributed by atoms with E-state index in [1.165, 1.54) is 25.7 Å². The highest BCUT2D eigenvalue weighted by atomic mass is 16.5. The highest BCUT2D eigenvalue weighted by Crippen LogP contribution is 2.31. The van der Waals surface area contributed by atoms with Gasteiger partial charge in [-0.15, -0.1) is 0 Å². The summed E-state index contributed by atoms with van der Waals surface area (Å²) in [5.41, 5.74) is 0. The van der Waals surface area contributed by atoms with Crippen molar-refractivity contribution in [1.82, 2.24) is 10.2 Å². The molecule has 0 amide bonds. The van der Waals surface area contributed by atoms with E-state index in [4.69, 9.17) is 4.74 Å². The zero-order chi connectivity index (χ0) is 12.8. The van der Waals surface area contributed by atoms with E-state index in [0.29, 0.717) is 12.5 Å². The Morgan fingerprint density at radius 1 is 1.28 bits per heavy atom. The van der Waals surface area contributed by atoms with Crippen LogP contribution in [0.3, 0.4) is 0 Å². The monoisotopic (exact) mass is 254 g/mol. The molecule has 0 spiro atoms. The Morgan fingerprint density at radius 3 is 2.78 bits per heavy atom. The number of hydrogen-bond donors (Lipinski definition) is 1. The summed E-state index contributed by atoms with van der Waals surface area (Å²) in [7, 11) is 0. The molecule has 1 aliphatic heterocycles. The smallest absolute Gasteiger partial charge is 0.323 e. The predicted octanol–water partition coefficient (Wildman–Crippen LogP) is 1.40. The second-order valence-corrected chi connectivity index (χ2v) is 5.38. The van der Waals surface area contributed by atoms with Crippen LogP contribution < -0.4 is 5.32 Å². The molecule has 1 saturated carbocycles. The van der Waals surface area contributed by atoms with E-state index in [0.717, 1.165) is 32.6 Å². The largest absolute Gasteiger partial charge is 0.465 e. The first kappa shape index (κ1) is 13.8. The van der Waals surface area contributed by atoms with E-state index >= 15 is 0 Å². The molecule has 0 aromatic heterocycles. The topological polar surface area (TPSA) is 41.6 Å². The second-order valence-electron chi connectivity index (χ2n) is 5.38. The van der Waals surface area contributed by atoms with Crippen molar-refractivity contribution in [3.05, 3.63) is 0 Å². The molecule has 1 aliphatic carbocycles. The number of ether oxygens (including phenoxy) is 1. The lowest BCUT2D eigenvalue weighted by Gasteiger charge is -2.32. The maximum Gasteiger partial charge on any atom is 0.323 e. The number of rotatable bonds is 4. The molecule has 1 heterocycles. The molecule has 18 heavy (non-hydrogen) atoms. The average molecular weight is 254 g/mol. The second kappa shape index (κ2) is 7.10. The minimum atomic E-state index is 0.00583. The summed E-state index contributed by atoms with van der Waals surface area (Å²) in [5, 5.41) is 3.40. The van der Waals surface area contributed by atoms with Crippen molar-refractivity contribution in [2.45, 2.75) is 45.1 Å². The molecule has 1 atom stereocenters. The van der Waals surface area contributed by atoms with Crippen LogP contribution in [0.1, 0.15) is 39.0 Å². The van der Waals surface area contributed by atoms with Crippen LogP contribution in [0.4, 0.5) is 0 Å². The van der Waals surface area contributed by atoms with Crippen LogP contribution >= 0.6 is 0 Å². The molecule has 104 valence electrons. The van der Waals surface area contributed by atoms with Gasteiger partial charge in [0.1, 0.15) is 6.04 Å². The Morgan fingerprint density at radius 2 is 2.06 bits per heavy atom. The van der Waals surface area contributed by atoms with Gasteiger partial charge in [-0.05, 0) is 38.6 Å². The van der Waals surface area contributed by atoms with Crippen molar-refractivity contribution in [1.29, 1.82) is 0 Å². The summed E-state index contributed by atoms with van der Waals surface area (Å²) in [6, 6.07) is 0.00681. The number of nitrogens with one attached hydrogen (secondary N) is 1. The molecule has 0 aromatic rings. The first-order valence-electron chi connectivity index (χ1n) is 7.44. The summed E-state index contributed by atoms with van der Waals surface area (Å²) in [4.78, 5) is 14.6. The number of esters is 1. The Bertz CT molecular complexity index is 257. The van der Waals surface area contributed by atoms with Gasteiger partial charge in [-0.1, -0.05) is 12.8 Å². The molecular formula is C14H26N2O2. The summed E-state index contributed by atoms with van der Waals surface area (Å²) in [5.74, 6) is 0.522. The van der Waals surface area contributed by atoms with Crippen molar-refractivity contribution in [3.8, 4) is 0 Å². The lowest BCUT2D eigenvalue weighted by molar-refractivity contribution is -0.151. The molecule has 1 saturated heterocycles. The van der Waals surface area contributed by atoms with Crippen LogP contribution in [-0.2, 0) is 9.53 Å². The molecule has 1 unspecified atom stereocenters. The molecule has 0 bridgehead atoms. The highest BCUT2D eigenvalue weighted by molar-refractivity contribution is 5.76. The third kappa shape index (κ3) is 3.45. The van der Waals surface area contributed by atoms with E-state index in [1.807, 2.05) is 6.92 Å². The van der Waals surface area contributed by atoms with E-state index in [9.17, 15) is 4.79 Å². The molecule has 0 aromatic carbocycles. The molecule has 1 N–H and O–H groups in total. The van der Waals surface area contributed by atoms with E-state index in [2.05, 4.69) is 10.2 Å². The highest BCUT2D eigenvalue weighted by Gasteiger charge is 2.36. The first-order chi connectivity index (χ1) is 8.83. The van der Waals surface area contributed by atoms with Gasteiger partial charge in [0.2, 0.25) is 0 Å². The average Bonchev–Trinajstić information content (AvgIpc) is 2.74. The Hall–Kier alpha value is -0.610. The molecule has 4 nitrogen and oxygen atoms in total. The molecule has 2 fully saturated rings. The Kier molecular flexibility index (Phi) is 5.45. The van der Waals surface area contributed by atoms with Gasteiger partial charge < -0.3 is 10.1 Å². The summed E-state index contributed by atoms with van der Waals surface area (Å²) in [6.07, 6.45) is 6.04. The maximum atomic E-state index is 12.3. The fourth-order valence-electron chi connectivity index (χ4n) is 3.29. The minimum Gasteiger partial charge on any atom is -0.465 e. The van der Waals surface area contributed by atoms with Gasteiger partial charge in [0.25, 0.3) is 0 Å². The van der Waals surface area contributed by atoms with E-state index in [-0.39, 0.29) is 12.0 Å². The minimum absolute atomic E-state index is 0.00583. The van der Waals surface area contributed by atoms with Crippen LogP contribution in [0.25, 0.3) is 0 Å². The summed E-state index contributed by atoms with van der Waals surface area (Å²) in [6.45, 7) is 6.44. The third-order valence-corrected chi connectivity index (χ3v) is 4.14. The lowest BCUT2D eigenvalue weighted by Crippen LogP contribution is -2.47. The molecule has 2 rings (SSSR count). The van der Waals surface area contributed by atoms with Gasteiger partial charge >= 0.3 is 5.97 Å². The predicted molar refractivity (Wildman–Crippen MR) is 71.4 cm³/mol. The number of hydrogen-bond acceptors (Lipinski definition) is 4. The Balaban J connectivity index is 2.03. The van der Waals surface area contributed by atoms with Crippen LogP contribution in [0.15, 0.2) is 0 Å². The lowest BCUT2D eigenvalue weighted by atomic mass is 9.96. The van der Waals surface area contributed by atoms with Gasteiger partial charge in [0, 0.05) is 19.6 Å². The molecular weight excluding hydrogens is 228 g/mol.